The molecule has 0 bridgehead atoms. The summed E-state index contributed by atoms with van der Waals surface area (Å²) in [6.45, 7) is 7.15. The molecular weight excluding hydrogens is 468 g/mol. The quantitative estimate of drug-likeness (QED) is 0.232. The van der Waals surface area contributed by atoms with Crippen LogP contribution in [-0.4, -0.2) is 39.5 Å². The third-order valence-corrected chi connectivity index (χ3v) is 6.89. The van der Waals surface area contributed by atoms with Gasteiger partial charge in [0.2, 0.25) is 0 Å². The first-order valence-corrected chi connectivity index (χ1v) is 11.8. The molecule has 3 aromatic rings. The number of aromatic nitrogens is 1. The van der Waals surface area contributed by atoms with Gasteiger partial charge in [-0.3, -0.25) is 14.5 Å². The number of esters is 1. The number of amides is 1. The number of hydrogen-bond donors (Lipinski definition) is 2. The monoisotopic (exact) mass is 492 g/mol. The van der Waals surface area contributed by atoms with E-state index in [9.17, 15) is 24.6 Å². The van der Waals surface area contributed by atoms with Crippen LogP contribution < -0.4 is 4.90 Å². The van der Waals surface area contributed by atoms with Crippen molar-refractivity contribution in [3.8, 4) is 5.75 Å². The van der Waals surface area contributed by atoms with E-state index in [2.05, 4.69) is 4.98 Å². The first-order chi connectivity index (χ1) is 16.6. The van der Waals surface area contributed by atoms with E-state index in [1.807, 2.05) is 19.1 Å². The zero-order valence-corrected chi connectivity index (χ0v) is 20.5. The molecule has 0 saturated carbocycles. The SMILES string of the molecule is CCOC(=O)c1sc(N2C(=O)C(=O)/C(=C(/O)c3cc(C)ccc3C)C2c2ccc(O)cc2)nc1C. The molecule has 1 amide bonds. The number of aromatic hydroxyl groups is 1. The number of phenols is 1. The number of aryl methyl sites for hydroxylation is 3. The standard InChI is InChI=1S/C26H24N2O6S/c1-5-34-25(33)23-15(4)27-26(35-23)28-20(16-8-10-17(29)11-9-16)19(22(31)24(28)32)21(30)18-12-13(2)6-7-14(18)3/h6-12,20,29-30H,5H2,1-4H3/b21-19+. The van der Waals surface area contributed by atoms with E-state index < -0.39 is 23.7 Å². The van der Waals surface area contributed by atoms with Crippen LogP contribution in [0.5, 0.6) is 5.75 Å². The topological polar surface area (TPSA) is 117 Å². The van der Waals surface area contributed by atoms with E-state index in [0.29, 0.717) is 16.8 Å². The number of hydrogen-bond acceptors (Lipinski definition) is 8. The Kier molecular flexibility index (Phi) is 6.45. The summed E-state index contributed by atoms with van der Waals surface area (Å²) in [6.07, 6.45) is 0. The lowest BCUT2D eigenvalue weighted by atomic mass is 9.93. The molecule has 0 spiro atoms. The average molecular weight is 493 g/mol. The fourth-order valence-electron chi connectivity index (χ4n) is 4.01. The van der Waals surface area contributed by atoms with Crippen molar-refractivity contribution in [2.45, 2.75) is 33.7 Å². The fourth-order valence-corrected chi connectivity index (χ4v) is 5.00. The highest BCUT2D eigenvalue weighted by atomic mass is 32.1. The highest BCUT2D eigenvalue weighted by Gasteiger charge is 2.48. The minimum absolute atomic E-state index is 0.00919. The highest BCUT2D eigenvalue weighted by molar-refractivity contribution is 7.17. The summed E-state index contributed by atoms with van der Waals surface area (Å²) in [4.78, 5) is 44.8. The molecule has 35 heavy (non-hydrogen) atoms. The molecular formula is C26H24N2O6S. The maximum absolute atomic E-state index is 13.3. The van der Waals surface area contributed by atoms with E-state index >= 15 is 0 Å². The van der Waals surface area contributed by atoms with Gasteiger partial charge in [-0.05, 0) is 57.0 Å². The van der Waals surface area contributed by atoms with Crippen LogP contribution in [0.3, 0.4) is 0 Å². The Balaban J connectivity index is 1.94. The Morgan fingerprint density at radius 3 is 2.46 bits per heavy atom. The molecule has 2 N–H and O–H groups in total. The van der Waals surface area contributed by atoms with E-state index in [-0.39, 0.29) is 33.7 Å². The number of nitrogens with zero attached hydrogens (tertiary/aromatic N) is 2. The Morgan fingerprint density at radius 2 is 1.80 bits per heavy atom. The molecule has 1 atom stereocenters. The summed E-state index contributed by atoms with van der Waals surface area (Å²) in [7, 11) is 0. The second kappa shape index (κ2) is 9.34. The summed E-state index contributed by atoms with van der Waals surface area (Å²) in [5, 5.41) is 21.2. The molecule has 1 aliphatic heterocycles. The van der Waals surface area contributed by atoms with E-state index in [4.69, 9.17) is 4.74 Å². The molecule has 0 radical (unpaired) electrons. The van der Waals surface area contributed by atoms with Crippen molar-refractivity contribution in [1.29, 1.82) is 0 Å². The van der Waals surface area contributed by atoms with Crippen LogP contribution in [0.4, 0.5) is 5.13 Å². The number of rotatable bonds is 5. The number of benzene rings is 2. The van der Waals surface area contributed by atoms with Crippen molar-refractivity contribution in [2.24, 2.45) is 0 Å². The van der Waals surface area contributed by atoms with E-state index in [0.717, 1.165) is 22.5 Å². The van der Waals surface area contributed by atoms with Gasteiger partial charge in [0.1, 0.15) is 16.4 Å². The molecule has 1 fully saturated rings. The van der Waals surface area contributed by atoms with Gasteiger partial charge in [-0.25, -0.2) is 9.78 Å². The number of phenolic OH excluding ortho intramolecular Hbond substituents is 1. The zero-order chi connectivity index (χ0) is 25.4. The predicted octanol–water partition coefficient (Wildman–Crippen LogP) is 4.58. The lowest BCUT2D eigenvalue weighted by Crippen LogP contribution is -2.29. The summed E-state index contributed by atoms with van der Waals surface area (Å²) in [6, 6.07) is 10.5. The number of aliphatic hydroxyl groups excluding tert-OH is 1. The third kappa shape index (κ3) is 4.30. The van der Waals surface area contributed by atoms with Crippen LogP contribution in [0.25, 0.3) is 5.76 Å². The number of ketones is 1. The van der Waals surface area contributed by atoms with Crippen molar-refractivity contribution in [2.75, 3.05) is 11.5 Å². The van der Waals surface area contributed by atoms with E-state index in [1.165, 1.54) is 17.0 Å². The van der Waals surface area contributed by atoms with Crippen LogP contribution in [0.15, 0.2) is 48.0 Å². The summed E-state index contributed by atoms with van der Waals surface area (Å²) < 4.78 is 5.08. The molecule has 4 rings (SSSR count). The average Bonchev–Trinajstić information content (AvgIpc) is 3.33. The number of ether oxygens (including phenoxy) is 1. The number of aliphatic hydroxyl groups is 1. The minimum atomic E-state index is -1.02. The normalized spacial score (nSPS) is 17.1. The second-order valence-electron chi connectivity index (χ2n) is 8.21. The minimum Gasteiger partial charge on any atom is -0.508 e. The molecule has 8 nitrogen and oxygen atoms in total. The highest BCUT2D eigenvalue weighted by Crippen LogP contribution is 2.44. The molecule has 9 heteroatoms. The Morgan fingerprint density at radius 1 is 1.11 bits per heavy atom. The van der Waals surface area contributed by atoms with Gasteiger partial charge in [-0.1, -0.05) is 41.2 Å². The molecule has 2 aromatic carbocycles. The predicted molar refractivity (Wildman–Crippen MR) is 132 cm³/mol. The van der Waals surface area contributed by atoms with Crippen molar-refractivity contribution in [3.05, 3.63) is 80.9 Å². The van der Waals surface area contributed by atoms with Gasteiger partial charge in [0.05, 0.1) is 23.9 Å². The number of thiazole rings is 1. The summed E-state index contributed by atoms with van der Waals surface area (Å²) in [5.74, 6) is -2.60. The van der Waals surface area contributed by atoms with Crippen LogP contribution >= 0.6 is 11.3 Å². The maximum Gasteiger partial charge on any atom is 0.350 e. The van der Waals surface area contributed by atoms with Crippen LogP contribution in [0, 0.1) is 20.8 Å². The summed E-state index contributed by atoms with van der Waals surface area (Å²) >= 11 is 0.941. The van der Waals surface area contributed by atoms with Gasteiger partial charge >= 0.3 is 11.9 Å². The van der Waals surface area contributed by atoms with Gasteiger partial charge in [-0.15, -0.1) is 0 Å². The molecule has 1 unspecified atom stereocenters. The third-order valence-electron chi connectivity index (χ3n) is 5.75. The largest absolute Gasteiger partial charge is 0.508 e. The number of Topliss-reactive ketones (excluding diaryl/α,β-unsaturated/α-hetero) is 1. The number of carbonyl (C=O) groups is 3. The second-order valence-corrected chi connectivity index (χ2v) is 9.19. The lowest BCUT2D eigenvalue weighted by Gasteiger charge is -2.23. The van der Waals surface area contributed by atoms with Gasteiger partial charge in [-0.2, -0.15) is 0 Å². The molecule has 0 aliphatic carbocycles. The van der Waals surface area contributed by atoms with Crippen LogP contribution in [-0.2, 0) is 14.3 Å². The van der Waals surface area contributed by atoms with E-state index in [1.54, 1.807) is 39.0 Å². The first kappa shape index (κ1) is 24.2. The lowest BCUT2D eigenvalue weighted by molar-refractivity contribution is -0.132. The van der Waals surface area contributed by atoms with Gasteiger partial charge in [0.25, 0.3) is 5.78 Å². The van der Waals surface area contributed by atoms with Gasteiger partial charge in [0.15, 0.2) is 5.13 Å². The van der Waals surface area contributed by atoms with Crippen LogP contribution in [0.2, 0.25) is 0 Å². The molecule has 1 aromatic heterocycles. The first-order valence-electron chi connectivity index (χ1n) is 11.0. The smallest absolute Gasteiger partial charge is 0.350 e. The summed E-state index contributed by atoms with van der Waals surface area (Å²) in [5.41, 5.74) is 2.80. The van der Waals surface area contributed by atoms with Crippen molar-refractivity contribution < 1.29 is 29.3 Å². The van der Waals surface area contributed by atoms with Gasteiger partial charge in [0, 0.05) is 5.56 Å². The number of carbonyl (C=O) groups excluding carboxylic acids is 3. The fraction of sp³-hybridized carbons (Fsp3) is 0.231. The van der Waals surface area contributed by atoms with Crippen molar-refractivity contribution in [3.63, 3.8) is 0 Å². The van der Waals surface area contributed by atoms with Crippen LogP contribution in [0.1, 0.15) is 50.6 Å². The van der Waals surface area contributed by atoms with Gasteiger partial charge < -0.3 is 14.9 Å². The molecule has 2 heterocycles. The van der Waals surface area contributed by atoms with Crippen molar-refractivity contribution >= 4 is 39.9 Å². The zero-order valence-electron chi connectivity index (χ0n) is 19.7. The Hall–Kier alpha value is -3.98. The maximum atomic E-state index is 13.3. The number of anilines is 1. The Bertz CT molecular complexity index is 1370. The molecule has 180 valence electrons. The Labute approximate surface area is 206 Å². The van der Waals surface area contributed by atoms with Crippen molar-refractivity contribution in [1.82, 2.24) is 4.98 Å². The molecule has 1 aliphatic rings. The molecule has 1 saturated heterocycles.